The molecule has 2 aromatic heterocycles. The van der Waals surface area contributed by atoms with E-state index >= 15 is 0 Å². The van der Waals surface area contributed by atoms with E-state index in [2.05, 4.69) is 46.0 Å². The number of nitrogens with one attached hydrogen (secondary N) is 2. The van der Waals surface area contributed by atoms with Crippen molar-refractivity contribution in [3.05, 3.63) is 75.6 Å². The highest BCUT2D eigenvalue weighted by atomic mass is 127. The molecule has 2 heterocycles. The van der Waals surface area contributed by atoms with E-state index in [0.29, 0.717) is 19.0 Å². The van der Waals surface area contributed by atoms with Gasteiger partial charge in [-0.25, -0.2) is 4.98 Å². The van der Waals surface area contributed by atoms with Crippen LogP contribution in [0, 0.1) is 0 Å². The molecule has 148 valence electrons. The lowest BCUT2D eigenvalue weighted by Crippen LogP contribution is -2.36. The van der Waals surface area contributed by atoms with E-state index < -0.39 is 0 Å². The summed E-state index contributed by atoms with van der Waals surface area (Å²) in [6, 6.07) is 14.7. The van der Waals surface area contributed by atoms with Crippen LogP contribution >= 0.6 is 35.3 Å². The van der Waals surface area contributed by atoms with Gasteiger partial charge in [0.25, 0.3) is 0 Å². The number of thiazole rings is 1. The first-order chi connectivity index (χ1) is 13.3. The Kier molecular flexibility index (Phi) is 7.50. The molecule has 3 aromatic rings. The number of benzene rings is 1. The Bertz CT molecular complexity index is 893. The zero-order valence-electron chi connectivity index (χ0n) is 15.9. The predicted octanol–water partition coefficient (Wildman–Crippen LogP) is 4.49. The average Bonchev–Trinajstić information content (AvgIpc) is 3.37. The highest BCUT2D eigenvalue weighted by Crippen LogP contribution is 2.35. The van der Waals surface area contributed by atoms with E-state index in [1.165, 1.54) is 22.6 Å². The molecule has 1 unspecified atom stereocenters. The van der Waals surface area contributed by atoms with Crippen molar-refractivity contribution in [1.29, 1.82) is 0 Å². The minimum Gasteiger partial charge on any atom is -0.467 e. The van der Waals surface area contributed by atoms with Crippen molar-refractivity contribution in [2.75, 3.05) is 7.05 Å². The van der Waals surface area contributed by atoms with Gasteiger partial charge in [0.2, 0.25) is 0 Å². The number of aliphatic imine (C=N–C) groups is 1. The zero-order chi connectivity index (χ0) is 18.5. The van der Waals surface area contributed by atoms with Gasteiger partial charge >= 0.3 is 0 Å². The van der Waals surface area contributed by atoms with Gasteiger partial charge in [0, 0.05) is 11.9 Å². The molecule has 1 atom stereocenters. The maximum atomic E-state index is 5.34. The molecule has 4 rings (SSSR count). The molecule has 0 amide bonds. The lowest BCUT2D eigenvalue weighted by Gasteiger charge is -2.21. The predicted molar refractivity (Wildman–Crippen MR) is 124 cm³/mol. The fourth-order valence-corrected chi connectivity index (χ4v) is 4.61. The van der Waals surface area contributed by atoms with Gasteiger partial charge in [-0.05, 0) is 42.9 Å². The first-order valence-corrected chi connectivity index (χ1v) is 10.1. The number of aromatic nitrogens is 1. The molecule has 0 bridgehead atoms. The zero-order valence-corrected chi connectivity index (χ0v) is 19.0. The average molecular weight is 508 g/mol. The van der Waals surface area contributed by atoms with Gasteiger partial charge in [0.05, 0.1) is 25.0 Å². The molecule has 0 radical (unpaired) electrons. The summed E-state index contributed by atoms with van der Waals surface area (Å²) in [5.41, 5.74) is 2.72. The van der Waals surface area contributed by atoms with Gasteiger partial charge in [0.15, 0.2) is 5.96 Å². The van der Waals surface area contributed by atoms with Crippen LogP contribution in [0.2, 0.25) is 0 Å². The summed E-state index contributed by atoms with van der Waals surface area (Å²) in [5.74, 6) is 2.25. The van der Waals surface area contributed by atoms with E-state index in [-0.39, 0.29) is 24.0 Å². The highest BCUT2D eigenvalue weighted by Gasteiger charge is 2.23. The molecular formula is C21H25IN4OS. The van der Waals surface area contributed by atoms with Crippen LogP contribution < -0.4 is 10.6 Å². The third kappa shape index (κ3) is 5.14. The molecule has 0 spiro atoms. The van der Waals surface area contributed by atoms with E-state index in [1.54, 1.807) is 13.3 Å². The molecule has 0 fully saturated rings. The number of rotatable bonds is 5. The van der Waals surface area contributed by atoms with Crippen molar-refractivity contribution in [1.82, 2.24) is 15.6 Å². The first kappa shape index (κ1) is 20.9. The van der Waals surface area contributed by atoms with Crippen molar-refractivity contribution in [3.63, 3.8) is 0 Å². The van der Waals surface area contributed by atoms with Gasteiger partial charge in [-0.15, -0.1) is 35.3 Å². The number of furan rings is 1. The quantitative estimate of drug-likeness (QED) is 0.303. The SMILES string of the molecule is CN=C(NCc1ccco1)NCc1nc2c(s1)CC(c1ccccc1)CC2.I. The van der Waals surface area contributed by atoms with Crippen LogP contribution in [0.3, 0.4) is 0 Å². The third-order valence-corrected chi connectivity index (χ3v) is 6.02. The number of hydrogen-bond donors (Lipinski definition) is 2. The van der Waals surface area contributed by atoms with Crippen LogP contribution in [-0.2, 0) is 25.9 Å². The molecule has 0 saturated heterocycles. The Balaban J connectivity index is 0.00000225. The maximum Gasteiger partial charge on any atom is 0.191 e. The summed E-state index contributed by atoms with van der Waals surface area (Å²) in [7, 11) is 1.77. The number of nitrogens with zero attached hydrogens (tertiary/aromatic N) is 2. The molecule has 7 heteroatoms. The van der Waals surface area contributed by atoms with Crippen LogP contribution in [0.4, 0.5) is 0 Å². The van der Waals surface area contributed by atoms with Crippen molar-refractivity contribution < 1.29 is 4.42 Å². The Morgan fingerprint density at radius 3 is 2.75 bits per heavy atom. The van der Waals surface area contributed by atoms with Crippen LogP contribution in [0.5, 0.6) is 0 Å². The fourth-order valence-electron chi connectivity index (χ4n) is 3.48. The summed E-state index contributed by atoms with van der Waals surface area (Å²) >= 11 is 1.83. The second-order valence-corrected chi connectivity index (χ2v) is 7.85. The summed E-state index contributed by atoms with van der Waals surface area (Å²) in [4.78, 5) is 10.6. The molecular weight excluding hydrogens is 483 g/mol. The molecule has 5 nitrogen and oxygen atoms in total. The normalized spacial score (nSPS) is 16.2. The second-order valence-electron chi connectivity index (χ2n) is 6.69. The Morgan fingerprint density at radius 1 is 1.18 bits per heavy atom. The standard InChI is InChI=1S/C21H24N4OS.HI/c1-22-21(23-13-17-8-5-11-26-17)24-14-20-25-18-10-9-16(12-19(18)27-20)15-6-3-2-4-7-15;/h2-8,11,16H,9-10,12-14H2,1H3,(H2,22,23,24);1H. The van der Waals surface area contributed by atoms with Gasteiger partial charge in [-0.1, -0.05) is 30.3 Å². The Morgan fingerprint density at radius 2 is 2.00 bits per heavy atom. The maximum absolute atomic E-state index is 5.34. The van der Waals surface area contributed by atoms with Crippen LogP contribution in [-0.4, -0.2) is 18.0 Å². The molecule has 1 aromatic carbocycles. The molecule has 0 aliphatic heterocycles. The van der Waals surface area contributed by atoms with E-state index in [4.69, 9.17) is 9.40 Å². The van der Waals surface area contributed by atoms with Gasteiger partial charge in [-0.3, -0.25) is 4.99 Å². The van der Waals surface area contributed by atoms with Crippen LogP contribution in [0.15, 0.2) is 58.1 Å². The van der Waals surface area contributed by atoms with Crippen LogP contribution in [0.1, 0.15) is 39.2 Å². The van der Waals surface area contributed by atoms with Gasteiger partial charge < -0.3 is 15.1 Å². The topological polar surface area (TPSA) is 62.5 Å². The van der Waals surface area contributed by atoms with Crippen LogP contribution in [0.25, 0.3) is 0 Å². The number of guanidine groups is 1. The minimum absolute atomic E-state index is 0. The molecule has 2 N–H and O–H groups in total. The number of halogens is 1. The van der Waals surface area contributed by atoms with Crippen molar-refractivity contribution >= 4 is 41.3 Å². The fraction of sp³-hybridized carbons (Fsp3) is 0.333. The monoisotopic (exact) mass is 508 g/mol. The molecule has 1 aliphatic carbocycles. The van der Waals surface area contributed by atoms with Gasteiger partial charge in [-0.2, -0.15) is 0 Å². The third-order valence-electron chi connectivity index (χ3n) is 4.90. The summed E-state index contributed by atoms with van der Waals surface area (Å²) < 4.78 is 5.34. The Hall–Kier alpha value is -1.87. The molecule has 1 aliphatic rings. The number of hydrogen-bond acceptors (Lipinski definition) is 4. The van der Waals surface area contributed by atoms with Crippen molar-refractivity contribution in [3.8, 4) is 0 Å². The lowest BCUT2D eigenvalue weighted by molar-refractivity contribution is 0.501. The largest absolute Gasteiger partial charge is 0.467 e. The minimum atomic E-state index is 0. The summed E-state index contributed by atoms with van der Waals surface area (Å²) in [5, 5.41) is 7.72. The van der Waals surface area contributed by atoms with E-state index in [1.807, 2.05) is 23.5 Å². The van der Waals surface area contributed by atoms with E-state index in [9.17, 15) is 0 Å². The van der Waals surface area contributed by atoms with Crippen molar-refractivity contribution in [2.45, 2.75) is 38.3 Å². The Labute approximate surface area is 186 Å². The molecule has 0 saturated carbocycles. The van der Waals surface area contributed by atoms with Gasteiger partial charge in [0.1, 0.15) is 10.8 Å². The smallest absolute Gasteiger partial charge is 0.191 e. The highest BCUT2D eigenvalue weighted by molar-refractivity contribution is 14.0. The lowest BCUT2D eigenvalue weighted by atomic mass is 9.85. The summed E-state index contributed by atoms with van der Waals surface area (Å²) in [6.07, 6.45) is 5.02. The molecule has 28 heavy (non-hydrogen) atoms. The van der Waals surface area contributed by atoms with Crippen molar-refractivity contribution in [2.24, 2.45) is 4.99 Å². The second kappa shape index (κ2) is 10.1. The summed E-state index contributed by atoms with van der Waals surface area (Å²) in [6.45, 7) is 1.30. The number of aryl methyl sites for hydroxylation is 1. The first-order valence-electron chi connectivity index (χ1n) is 9.31. The van der Waals surface area contributed by atoms with E-state index in [0.717, 1.165) is 29.6 Å². The number of fused-ring (bicyclic) bond motifs is 1.